The minimum Gasteiger partial charge on any atom is -0.322 e. The summed E-state index contributed by atoms with van der Waals surface area (Å²) in [5.74, 6) is 0. The summed E-state index contributed by atoms with van der Waals surface area (Å²) in [6.07, 6.45) is 0.603. The molecule has 2 N–H and O–H groups in total. The molecule has 5 nitrogen and oxygen atoms in total. The molecule has 3 rings (SSSR count). The van der Waals surface area contributed by atoms with Gasteiger partial charge in [0.2, 0.25) is 0 Å². The van der Waals surface area contributed by atoms with Crippen molar-refractivity contribution in [2.75, 3.05) is 0 Å². The van der Waals surface area contributed by atoms with Gasteiger partial charge in [0.05, 0.1) is 21.5 Å². The van der Waals surface area contributed by atoms with E-state index in [0.29, 0.717) is 6.42 Å². The van der Waals surface area contributed by atoms with E-state index in [-0.39, 0.29) is 19.2 Å². The van der Waals surface area contributed by atoms with Crippen LogP contribution in [0.5, 0.6) is 0 Å². The van der Waals surface area contributed by atoms with Crippen molar-refractivity contribution in [3.63, 3.8) is 0 Å². The van der Waals surface area contributed by atoms with E-state index in [9.17, 15) is 10.1 Å². The zero-order valence-corrected chi connectivity index (χ0v) is 13.1. The van der Waals surface area contributed by atoms with Crippen LogP contribution in [-0.2, 0) is 6.42 Å². The molecule has 0 saturated heterocycles. The van der Waals surface area contributed by atoms with Crippen LogP contribution in [0, 0.1) is 10.1 Å². The fourth-order valence-corrected chi connectivity index (χ4v) is 3.78. The number of hydrogen-bond acceptors (Lipinski definition) is 6. The summed E-state index contributed by atoms with van der Waals surface area (Å²) in [4.78, 5) is 16.0. The third-order valence-electron chi connectivity index (χ3n) is 3.24. The maximum Gasteiger partial charge on any atom is 0.269 e. The number of rotatable bonds is 5. The van der Waals surface area contributed by atoms with Gasteiger partial charge in [0.15, 0.2) is 0 Å². The summed E-state index contributed by atoms with van der Waals surface area (Å²) in [6.45, 7) is 0. The minimum absolute atomic E-state index is 0. The number of hydrogen-bond donors (Lipinski definition) is 1. The molecule has 2 heterocycles. The lowest BCUT2D eigenvalue weighted by Gasteiger charge is -2.08. The quantitative estimate of drug-likeness (QED) is 0.537. The molecule has 0 aliphatic carbocycles. The molecular weight excluding hydrogens is 330 g/mol. The van der Waals surface area contributed by atoms with Gasteiger partial charge in [-0.15, -0.1) is 22.7 Å². The highest BCUT2D eigenvalue weighted by Crippen LogP contribution is 2.30. The lowest BCUT2D eigenvalue weighted by molar-refractivity contribution is -0.384. The summed E-state index contributed by atoms with van der Waals surface area (Å²) in [6, 6.07) is 10.3. The second-order valence-electron chi connectivity index (χ2n) is 4.79. The third-order valence-corrected chi connectivity index (χ3v) is 5.14. The normalized spacial score (nSPS) is 11.7. The van der Waals surface area contributed by atoms with Crippen molar-refractivity contribution in [3.05, 3.63) is 68.5 Å². The van der Waals surface area contributed by atoms with Gasteiger partial charge in [-0.3, -0.25) is 10.1 Å². The number of nitrogens with zero attached hydrogens (tertiary/aromatic N) is 2. The van der Waals surface area contributed by atoms with E-state index in [1.807, 2.05) is 22.9 Å². The molecular formula is C16H17N3O2S2. The Hall–Kier alpha value is -2.09. The molecule has 0 fully saturated rings. The Kier molecular flexibility index (Phi) is 5.59. The van der Waals surface area contributed by atoms with E-state index >= 15 is 0 Å². The van der Waals surface area contributed by atoms with Crippen LogP contribution >= 0.6 is 22.7 Å². The molecule has 7 heteroatoms. The minimum atomic E-state index is -0.405. The largest absolute Gasteiger partial charge is 0.322 e. The fraction of sp³-hybridized carbons (Fsp3) is 0.188. The van der Waals surface area contributed by atoms with Crippen LogP contribution in [0.25, 0.3) is 9.88 Å². The molecule has 0 amide bonds. The Bertz CT molecular complexity index is 767. The second-order valence-corrected chi connectivity index (χ2v) is 6.59. The summed E-state index contributed by atoms with van der Waals surface area (Å²) in [5, 5.41) is 15.6. The highest BCUT2D eigenvalue weighted by atomic mass is 32.1. The number of thiazole rings is 1. The van der Waals surface area contributed by atoms with Gasteiger partial charge < -0.3 is 5.73 Å². The van der Waals surface area contributed by atoms with Crippen LogP contribution in [0.3, 0.4) is 0 Å². The standard InChI is InChI=1S/C15H13N3O2S2.CH4/c16-12(8-10-3-5-11(6-4-10)18(19)20)13-9-22-15(17-13)14-2-1-7-21-14;/h1-7,9,12H,8,16H2;1H4/t12-;/m0./s1. The van der Waals surface area contributed by atoms with Gasteiger partial charge in [-0.2, -0.15) is 0 Å². The highest BCUT2D eigenvalue weighted by Gasteiger charge is 2.13. The average molecular weight is 347 g/mol. The highest BCUT2D eigenvalue weighted by molar-refractivity contribution is 7.20. The molecule has 23 heavy (non-hydrogen) atoms. The SMILES string of the molecule is C.N[C@@H](Cc1ccc([N+](=O)[O-])cc1)c1csc(-c2cccs2)n1. The van der Waals surface area contributed by atoms with Crippen molar-refractivity contribution in [3.8, 4) is 9.88 Å². The zero-order chi connectivity index (χ0) is 15.5. The van der Waals surface area contributed by atoms with E-state index in [2.05, 4.69) is 4.98 Å². The molecule has 0 bridgehead atoms. The van der Waals surface area contributed by atoms with Crippen LogP contribution in [0.4, 0.5) is 5.69 Å². The average Bonchev–Trinajstić information content (AvgIpc) is 3.19. The second kappa shape index (κ2) is 7.45. The molecule has 2 aromatic heterocycles. The van der Waals surface area contributed by atoms with E-state index in [1.54, 1.807) is 34.8 Å². The van der Waals surface area contributed by atoms with Crippen molar-refractivity contribution in [1.82, 2.24) is 4.98 Å². The van der Waals surface area contributed by atoms with Gasteiger partial charge in [0.1, 0.15) is 5.01 Å². The zero-order valence-electron chi connectivity index (χ0n) is 11.5. The van der Waals surface area contributed by atoms with E-state index in [0.717, 1.165) is 21.1 Å². The van der Waals surface area contributed by atoms with Crippen LogP contribution < -0.4 is 5.73 Å². The number of nitrogens with two attached hydrogens (primary N) is 1. The topological polar surface area (TPSA) is 82.0 Å². The first-order valence-electron chi connectivity index (χ1n) is 6.61. The maximum atomic E-state index is 10.6. The van der Waals surface area contributed by atoms with Crippen LogP contribution in [0.2, 0.25) is 0 Å². The summed E-state index contributed by atoms with van der Waals surface area (Å²) < 4.78 is 0. The van der Waals surface area contributed by atoms with Crippen molar-refractivity contribution < 1.29 is 4.92 Å². The van der Waals surface area contributed by atoms with Gasteiger partial charge >= 0.3 is 0 Å². The van der Waals surface area contributed by atoms with E-state index in [1.165, 1.54) is 12.1 Å². The molecule has 0 aliphatic heterocycles. The van der Waals surface area contributed by atoms with E-state index < -0.39 is 4.92 Å². The molecule has 0 saturated carbocycles. The molecule has 120 valence electrons. The molecule has 3 aromatic rings. The predicted molar refractivity (Wildman–Crippen MR) is 95.9 cm³/mol. The summed E-state index contributed by atoms with van der Waals surface area (Å²) in [7, 11) is 0. The first-order chi connectivity index (χ1) is 10.6. The number of thiophene rings is 1. The van der Waals surface area contributed by atoms with Gasteiger partial charge in [-0.1, -0.05) is 25.6 Å². The van der Waals surface area contributed by atoms with Gasteiger partial charge in [-0.05, 0) is 23.4 Å². The van der Waals surface area contributed by atoms with Crippen LogP contribution in [0.15, 0.2) is 47.2 Å². The monoisotopic (exact) mass is 347 g/mol. The maximum absolute atomic E-state index is 10.6. The van der Waals surface area contributed by atoms with Crippen molar-refractivity contribution in [2.24, 2.45) is 5.73 Å². The number of aromatic nitrogens is 1. The molecule has 0 radical (unpaired) electrons. The Morgan fingerprint density at radius 1 is 1.22 bits per heavy atom. The smallest absolute Gasteiger partial charge is 0.269 e. The lowest BCUT2D eigenvalue weighted by Crippen LogP contribution is -2.13. The lowest BCUT2D eigenvalue weighted by atomic mass is 10.0. The first-order valence-corrected chi connectivity index (χ1v) is 8.37. The number of non-ortho nitro benzene ring substituents is 1. The van der Waals surface area contributed by atoms with Crippen LogP contribution in [0.1, 0.15) is 24.7 Å². The Morgan fingerprint density at radius 3 is 2.57 bits per heavy atom. The molecule has 0 spiro atoms. The summed E-state index contributed by atoms with van der Waals surface area (Å²) in [5.41, 5.74) is 8.11. The van der Waals surface area contributed by atoms with Crippen LogP contribution in [-0.4, -0.2) is 9.91 Å². The first kappa shape index (κ1) is 17.3. The Morgan fingerprint density at radius 2 is 1.96 bits per heavy atom. The third kappa shape index (κ3) is 4.01. The number of nitro benzene ring substituents is 1. The number of benzene rings is 1. The van der Waals surface area contributed by atoms with Gasteiger partial charge in [0.25, 0.3) is 5.69 Å². The van der Waals surface area contributed by atoms with E-state index in [4.69, 9.17) is 5.73 Å². The molecule has 1 atom stereocenters. The molecule has 1 aromatic carbocycles. The fourth-order valence-electron chi connectivity index (χ4n) is 2.08. The molecule has 0 unspecified atom stereocenters. The molecule has 0 aliphatic rings. The Labute approximate surface area is 142 Å². The number of nitro groups is 1. The van der Waals surface area contributed by atoms with Gasteiger partial charge in [-0.25, -0.2) is 4.98 Å². The predicted octanol–water partition coefficient (Wildman–Crippen LogP) is 4.66. The van der Waals surface area contributed by atoms with Crippen molar-refractivity contribution in [2.45, 2.75) is 19.9 Å². The van der Waals surface area contributed by atoms with Gasteiger partial charge in [0, 0.05) is 17.5 Å². The van der Waals surface area contributed by atoms with Crippen molar-refractivity contribution >= 4 is 28.4 Å². The summed E-state index contributed by atoms with van der Waals surface area (Å²) >= 11 is 3.24. The Balaban J connectivity index is 0.00000192. The van der Waals surface area contributed by atoms with Crippen molar-refractivity contribution in [1.29, 1.82) is 0 Å².